The van der Waals surface area contributed by atoms with E-state index in [-0.39, 0.29) is 5.91 Å². The molecule has 0 saturated heterocycles. The summed E-state index contributed by atoms with van der Waals surface area (Å²) in [5, 5.41) is 14.6. The molecule has 1 amide bonds. The lowest BCUT2D eigenvalue weighted by molar-refractivity contribution is -0.153. The van der Waals surface area contributed by atoms with Gasteiger partial charge in [0.25, 0.3) is 5.85 Å². The molecule has 1 aromatic carbocycles. The van der Waals surface area contributed by atoms with Gasteiger partial charge in [-0.05, 0) is 12.5 Å². The number of halogens is 1. The summed E-state index contributed by atoms with van der Waals surface area (Å²) in [5.74, 6) is -1.70. The van der Waals surface area contributed by atoms with Gasteiger partial charge in [-0.3, -0.25) is 20.7 Å². The van der Waals surface area contributed by atoms with Gasteiger partial charge in [-0.25, -0.2) is 4.99 Å². The van der Waals surface area contributed by atoms with E-state index in [2.05, 4.69) is 28.1 Å². The molecule has 0 aliphatic carbocycles. The number of thiocarbonyl (C=S) groups is 1. The van der Waals surface area contributed by atoms with E-state index in [0.29, 0.717) is 30.0 Å². The summed E-state index contributed by atoms with van der Waals surface area (Å²) in [7, 11) is 1.71. The number of carbonyl (C=O) groups is 1. The Morgan fingerprint density at radius 1 is 1.52 bits per heavy atom. The first-order valence-corrected chi connectivity index (χ1v) is 7.85. The van der Waals surface area contributed by atoms with Crippen molar-refractivity contribution in [1.82, 2.24) is 20.9 Å². The van der Waals surface area contributed by atoms with Crippen molar-refractivity contribution in [2.75, 3.05) is 13.6 Å². The first kappa shape index (κ1) is 17.6. The van der Waals surface area contributed by atoms with Gasteiger partial charge in [-0.2, -0.15) is 5.01 Å². The standard InChI is InChI=1S/C14H18ClN5O2S/c1-19-14(22,11-5-2-3-6-12(11)15)16-9-20(19)8-4-7-13(21)18-17-10-23/h2-3,5-6,9-10,22H,4,7-8H2,1H3,(H,17,23)(H,18,21). The summed E-state index contributed by atoms with van der Waals surface area (Å²) >= 11 is 10.7. The number of benzene rings is 1. The maximum absolute atomic E-state index is 11.5. The second kappa shape index (κ2) is 7.69. The van der Waals surface area contributed by atoms with Crippen LogP contribution in [0, 0.1) is 0 Å². The van der Waals surface area contributed by atoms with Gasteiger partial charge >= 0.3 is 0 Å². The first-order valence-electron chi connectivity index (χ1n) is 7.00. The molecular formula is C14H18ClN5O2S. The lowest BCUT2D eigenvalue weighted by Gasteiger charge is -2.34. The molecule has 7 nitrogen and oxygen atoms in total. The Labute approximate surface area is 144 Å². The van der Waals surface area contributed by atoms with Crippen LogP contribution in [-0.4, -0.2) is 46.5 Å². The lowest BCUT2D eigenvalue weighted by atomic mass is 10.1. The Bertz CT molecular complexity index is 615. The third-order valence-corrected chi connectivity index (χ3v) is 3.95. The van der Waals surface area contributed by atoms with Gasteiger partial charge in [0.1, 0.15) is 6.34 Å². The van der Waals surface area contributed by atoms with Gasteiger partial charge < -0.3 is 5.11 Å². The summed E-state index contributed by atoms with van der Waals surface area (Å²) in [6.45, 7) is 0.526. The molecule has 1 atom stereocenters. The van der Waals surface area contributed by atoms with E-state index < -0.39 is 5.85 Å². The van der Waals surface area contributed by atoms with E-state index >= 15 is 0 Å². The Kier molecular flexibility index (Phi) is 5.89. The van der Waals surface area contributed by atoms with Crippen molar-refractivity contribution in [3.63, 3.8) is 0 Å². The number of nitrogens with zero attached hydrogens (tertiary/aromatic N) is 3. The highest BCUT2D eigenvalue weighted by Gasteiger charge is 2.41. The number of carbonyl (C=O) groups excluding carboxylic acids is 1. The zero-order valence-electron chi connectivity index (χ0n) is 12.6. The maximum atomic E-state index is 11.5. The molecular weight excluding hydrogens is 338 g/mol. The normalized spacial score (nSPS) is 20.6. The number of amides is 1. The Hall–Kier alpha value is -1.74. The van der Waals surface area contributed by atoms with Crippen LogP contribution < -0.4 is 10.9 Å². The molecule has 0 aromatic heterocycles. The molecule has 0 spiro atoms. The lowest BCUT2D eigenvalue weighted by Crippen LogP contribution is -2.47. The van der Waals surface area contributed by atoms with Crippen LogP contribution in [0.15, 0.2) is 29.3 Å². The van der Waals surface area contributed by atoms with E-state index in [9.17, 15) is 9.90 Å². The zero-order valence-corrected chi connectivity index (χ0v) is 14.1. The Balaban J connectivity index is 1.93. The number of aliphatic imine (C=N–C) groups is 1. The molecule has 9 heteroatoms. The van der Waals surface area contributed by atoms with Gasteiger partial charge in [0.2, 0.25) is 5.91 Å². The van der Waals surface area contributed by atoms with E-state index in [1.807, 2.05) is 0 Å². The van der Waals surface area contributed by atoms with Crippen LogP contribution in [0.5, 0.6) is 0 Å². The number of hydrazine groups is 2. The molecule has 23 heavy (non-hydrogen) atoms. The average Bonchev–Trinajstić information content (AvgIpc) is 2.82. The van der Waals surface area contributed by atoms with Crippen LogP contribution >= 0.6 is 23.8 Å². The van der Waals surface area contributed by atoms with Crippen LogP contribution in [-0.2, 0) is 10.6 Å². The SMILES string of the molecule is CN1N(CCCC(=O)NNC=S)C=NC1(O)c1ccccc1Cl. The molecule has 1 unspecified atom stereocenters. The number of aliphatic hydroxyl groups is 1. The minimum atomic E-state index is -1.54. The van der Waals surface area contributed by atoms with E-state index in [4.69, 9.17) is 11.6 Å². The van der Waals surface area contributed by atoms with Crippen molar-refractivity contribution in [1.29, 1.82) is 0 Å². The van der Waals surface area contributed by atoms with Gasteiger partial charge in [-0.15, -0.1) is 0 Å². The van der Waals surface area contributed by atoms with Crippen LogP contribution in [0.3, 0.4) is 0 Å². The van der Waals surface area contributed by atoms with Crippen LogP contribution in [0.2, 0.25) is 5.02 Å². The van der Waals surface area contributed by atoms with Crippen LogP contribution in [0.1, 0.15) is 18.4 Å². The van der Waals surface area contributed by atoms with Gasteiger partial charge in [0.15, 0.2) is 0 Å². The topological polar surface area (TPSA) is 80.2 Å². The first-order chi connectivity index (χ1) is 11.0. The molecule has 1 aliphatic heterocycles. The predicted octanol–water partition coefficient (Wildman–Crippen LogP) is 0.992. The molecule has 0 radical (unpaired) electrons. The molecule has 1 aromatic rings. The number of hydrogen-bond acceptors (Lipinski definition) is 6. The number of nitrogens with one attached hydrogen (secondary N) is 2. The molecule has 2 rings (SSSR count). The molecule has 0 bridgehead atoms. The summed E-state index contributed by atoms with van der Waals surface area (Å²) in [4.78, 5) is 15.7. The fourth-order valence-corrected chi connectivity index (χ4v) is 2.57. The third-order valence-electron chi connectivity index (χ3n) is 3.50. The molecule has 0 saturated carbocycles. The van der Waals surface area contributed by atoms with Gasteiger partial charge in [-0.1, -0.05) is 42.0 Å². The zero-order chi connectivity index (χ0) is 16.9. The third kappa shape index (κ3) is 3.97. The second-order valence-corrected chi connectivity index (χ2v) is 5.60. The maximum Gasteiger partial charge on any atom is 0.262 e. The Morgan fingerprint density at radius 2 is 2.26 bits per heavy atom. The minimum absolute atomic E-state index is 0.161. The quantitative estimate of drug-likeness (QED) is 0.500. The predicted molar refractivity (Wildman–Crippen MR) is 92.5 cm³/mol. The summed E-state index contributed by atoms with van der Waals surface area (Å²) < 4.78 is 0. The van der Waals surface area contributed by atoms with Crippen molar-refractivity contribution in [3.8, 4) is 0 Å². The summed E-state index contributed by atoms with van der Waals surface area (Å²) in [6.07, 6.45) is 2.44. The van der Waals surface area contributed by atoms with Crippen molar-refractivity contribution < 1.29 is 9.90 Å². The number of hydrogen-bond donors (Lipinski definition) is 3. The minimum Gasteiger partial charge on any atom is -0.352 e. The van der Waals surface area contributed by atoms with Crippen molar-refractivity contribution in [2.45, 2.75) is 18.7 Å². The summed E-state index contributed by atoms with van der Waals surface area (Å²) in [6, 6.07) is 7.01. The van der Waals surface area contributed by atoms with Crippen molar-refractivity contribution >= 4 is 41.6 Å². The molecule has 124 valence electrons. The fraction of sp³-hybridized carbons (Fsp3) is 0.357. The number of rotatable bonds is 7. The highest BCUT2D eigenvalue weighted by molar-refractivity contribution is 7.78. The molecule has 1 aliphatic rings. The fourth-order valence-electron chi connectivity index (χ4n) is 2.25. The Morgan fingerprint density at radius 3 is 2.96 bits per heavy atom. The van der Waals surface area contributed by atoms with Crippen LogP contribution in [0.4, 0.5) is 0 Å². The molecule has 3 N–H and O–H groups in total. The van der Waals surface area contributed by atoms with E-state index in [1.165, 1.54) is 11.8 Å². The molecule has 1 heterocycles. The highest BCUT2D eigenvalue weighted by Crippen LogP contribution is 2.35. The average molecular weight is 356 g/mol. The molecule has 0 fully saturated rings. The highest BCUT2D eigenvalue weighted by atomic mass is 35.5. The van der Waals surface area contributed by atoms with Gasteiger partial charge in [0.05, 0.1) is 10.5 Å². The second-order valence-electron chi connectivity index (χ2n) is 4.96. The largest absolute Gasteiger partial charge is 0.352 e. The smallest absolute Gasteiger partial charge is 0.262 e. The monoisotopic (exact) mass is 355 g/mol. The van der Waals surface area contributed by atoms with Crippen LogP contribution in [0.25, 0.3) is 0 Å². The van der Waals surface area contributed by atoms with E-state index in [1.54, 1.807) is 41.3 Å². The van der Waals surface area contributed by atoms with E-state index in [0.717, 1.165) is 0 Å². The van der Waals surface area contributed by atoms with Crippen molar-refractivity contribution in [3.05, 3.63) is 34.9 Å². The summed E-state index contributed by atoms with van der Waals surface area (Å²) in [5.41, 5.74) is 6.63. The van der Waals surface area contributed by atoms with Crippen molar-refractivity contribution in [2.24, 2.45) is 4.99 Å². The van der Waals surface area contributed by atoms with Gasteiger partial charge in [0, 0.05) is 25.6 Å².